The predicted molar refractivity (Wildman–Crippen MR) is 107 cm³/mol. The first kappa shape index (κ1) is 19.0. The first-order chi connectivity index (χ1) is 14.9. The molecule has 0 saturated carbocycles. The number of carbonyl (C=O) groups is 2. The third kappa shape index (κ3) is 2.57. The summed E-state index contributed by atoms with van der Waals surface area (Å²) in [4.78, 5) is 26.9. The average Bonchev–Trinajstić information content (AvgIpc) is 3.40. The Bertz CT molecular complexity index is 1010. The maximum atomic E-state index is 13.0. The van der Waals surface area contributed by atoms with Gasteiger partial charge >= 0.3 is 11.9 Å². The topological polar surface area (TPSA) is 83.5 Å². The van der Waals surface area contributed by atoms with Crippen molar-refractivity contribution in [3.63, 3.8) is 0 Å². The van der Waals surface area contributed by atoms with Crippen LogP contribution < -0.4 is 9.47 Å². The Morgan fingerprint density at radius 1 is 1.23 bits per heavy atom. The van der Waals surface area contributed by atoms with E-state index < -0.39 is 17.7 Å². The summed E-state index contributed by atoms with van der Waals surface area (Å²) < 4.78 is 28.2. The van der Waals surface area contributed by atoms with E-state index in [1.807, 2.05) is 6.07 Å². The Hall–Kier alpha value is -2.74. The Morgan fingerprint density at radius 3 is 2.74 bits per heavy atom. The second-order valence-corrected chi connectivity index (χ2v) is 9.17. The van der Waals surface area contributed by atoms with Gasteiger partial charge in [0.1, 0.15) is 5.76 Å². The molecule has 2 fully saturated rings. The lowest BCUT2D eigenvalue weighted by atomic mass is 9.77. The summed E-state index contributed by atoms with van der Waals surface area (Å²) in [6.45, 7) is 3.70. The molecule has 4 heterocycles. The molecule has 164 valence electrons. The molecular formula is C23H25NO7. The number of fused-ring (bicyclic) bond motifs is 3. The average molecular weight is 427 g/mol. The fourth-order valence-corrected chi connectivity index (χ4v) is 5.97. The van der Waals surface area contributed by atoms with Crippen molar-refractivity contribution in [2.75, 3.05) is 27.0 Å². The molecule has 1 aliphatic carbocycles. The highest BCUT2D eigenvalue weighted by Crippen LogP contribution is 2.55. The Morgan fingerprint density at radius 2 is 2.00 bits per heavy atom. The van der Waals surface area contributed by atoms with Crippen molar-refractivity contribution < 1.29 is 33.3 Å². The highest BCUT2D eigenvalue weighted by atomic mass is 16.7. The van der Waals surface area contributed by atoms with E-state index in [0.717, 1.165) is 49.4 Å². The number of benzene rings is 1. The zero-order chi connectivity index (χ0) is 21.4. The van der Waals surface area contributed by atoms with Gasteiger partial charge in [-0.1, -0.05) is 0 Å². The van der Waals surface area contributed by atoms with Crippen LogP contribution in [0.15, 0.2) is 24.0 Å². The molecule has 1 aromatic rings. The minimum Gasteiger partial charge on any atom is -0.497 e. The molecule has 8 nitrogen and oxygen atoms in total. The summed E-state index contributed by atoms with van der Waals surface area (Å²) in [6.07, 6.45) is 4.49. The van der Waals surface area contributed by atoms with Crippen molar-refractivity contribution in [2.24, 2.45) is 0 Å². The van der Waals surface area contributed by atoms with Crippen LogP contribution in [0.1, 0.15) is 43.2 Å². The van der Waals surface area contributed by atoms with Crippen LogP contribution in [0.5, 0.6) is 11.5 Å². The number of rotatable bonds is 3. The Kier molecular flexibility index (Phi) is 3.91. The van der Waals surface area contributed by atoms with E-state index >= 15 is 0 Å². The van der Waals surface area contributed by atoms with Crippen LogP contribution in [0.2, 0.25) is 0 Å². The van der Waals surface area contributed by atoms with E-state index in [-0.39, 0.29) is 30.6 Å². The largest absolute Gasteiger partial charge is 0.497 e. The van der Waals surface area contributed by atoms with Gasteiger partial charge in [-0.05, 0) is 62.1 Å². The highest BCUT2D eigenvalue weighted by molar-refractivity contribution is 5.93. The summed E-state index contributed by atoms with van der Waals surface area (Å²) in [6, 6.07) is 4.11. The van der Waals surface area contributed by atoms with Crippen LogP contribution in [-0.4, -0.2) is 61.1 Å². The summed E-state index contributed by atoms with van der Waals surface area (Å²) >= 11 is 0. The van der Waals surface area contributed by atoms with Gasteiger partial charge in [0.05, 0.1) is 25.0 Å². The molecule has 4 aliphatic heterocycles. The number of carbonyl (C=O) groups excluding carboxylic acids is 2. The van der Waals surface area contributed by atoms with Crippen molar-refractivity contribution in [1.82, 2.24) is 4.90 Å². The summed E-state index contributed by atoms with van der Waals surface area (Å²) in [7, 11) is 1.61. The molecule has 6 rings (SSSR count). The molecule has 5 aliphatic rings. The van der Waals surface area contributed by atoms with Crippen LogP contribution in [0.4, 0.5) is 0 Å². The molecule has 0 bridgehead atoms. The number of esters is 2. The van der Waals surface area contributed by atoms with Crippen molar-refractivity contribution in [3.8, 4) is 11.5 Å². The second kappa shape index (κ2) is 6.38. The third-order valence-corrected chi connectivity index (χ3v) is 7.45. The van der Waals surface area contributed by atoms with E-state index in [2.05, 4.69) is 17.0 Å². The lowest BCUT2D eigenvalue weighted by molar-refractivity contribution is -0.207. The van der Waals surface area contributed by atoms with Gasteiger partial charge in [0, 0.05) is 6.54 Å². The van der Waals surface area contributed by atoms with Crippen LogP contribution in [0.3, 0.4) is 0 Å². The third-order valence-electron chi connectivity index (χ3n) is 7.45. The summed E-state index contributed by atoms with van der Waals surface area (Å²) in [5.74, 6) is 1.06. The molecule has 4 atom stereocenters. The summed E-state index contributed by atoms with van der Waals surface area (Å²) in [5.41, 5.74) is 0.761. The highest BCUT2D eigenvalue weighted by Gasteiger charge is 2.60. The predicted octanol–water partition coefficient (Wildman–Crippen LogP) is 2.05. The minimum atomic E-state index is -1.23. The zero-order valence-electron chi connectivity index (χ0n) is 17.6. The fraction of sp³-hybridized carbons (Fsp3) is 0.565. The van der Waals surface area contributed by atoms with Gasteiger partial charge in [0.2, 0.25) is 12.4 Å². The van der Waals surface area contributed by atoms with Gasteiger partial charge in [-0.15, -0.1) is 0 Å². The molecule has 1 aromatic carbocycles. The number of cyclic esters (lactones) is 1. The van der Waals surface area contributed by atoms with Crippen molar-refractivity contribution in [2.45, 2.75) is 55.8 Å². The first-order valence-electron chi connectivity index (χ1n) is 10.8. The first-order valence-corrected chi connectivity index (χ1v) is 10.8. The van der Waals surface area contributed by atoms with E-state index in [0.29, 0.717) is 5.76 Å². The normalized spacial score (nSPS) is 35.2. The van der Waals surface area contributed by atoms with Gasteiger partial charge in [0.25, 0.3) is 0 Å². The van der Waals surface area contributed by atoms with Gasteiger partial charge in [-0.25, -0.2) is 4.79 Å². The molecular weight excluding hydrogens is 402 g/mol. The lowest BCUT2D eigenvalue weighted by Crippen LogP contribution is -2.54. The van der Waals surface area contributed by atoms with Crippen LogP contribution in [0, 0.1) is 0 Å². The van der Waals surface area contributed by atoms with Crippen molar-refractivity contribution in [1.29, 1.82) is 0 Å². The van der Waals surface area contributed by atoms with Crippen LogP contribution in [0.25, 0.3) is 0 Å². The number of hydrogen-bond donors (Lipinski definition) is 0. The zero-order valence-corrected chi connectivity index (χ0v) is 17.6. The Balaban J connectivity index is 1.44. The standard InChI is InChI=1S/C23H25NO7/c1-22(11-18(25)31-22)21(26)30-20-17(27-2)10-23-5-3-6-24(23)7-4-13-8-15-16(29-12-28-15)9-14(13)19(20)23/h8-10,19-20H,3-7,11-12H2,1-2H3/t19-,20-,22+,23+/m1/s1. The number of ether oxygens (including phenoxy) is 5. The van der Waals surface area contributed by atoms with Crippen LogP contribution in [-0.2, 0) is 30.2 Å². The lowest BCUT2D eigenvalue weighted by Gasteiger charge is -2.40. The monoisotopic (exact) mass is 427 g/mol. The minimum absolute atomic E-state index is 0.0296. The SMILES string of the molecule is COC1=C[C@]23CCCN2CCc2cc4c(cc2[C@@H]3[C@@H]1OC(=O)[C@]1(C)CC(=O)O1)OCO4. The fourth-order valence-electron chi connectivity index (χ4n) is 5.97. The van der Waals surface area contributed by atoms with Gasteiger partial charge < -0.3 is 23.7 Å². The smallest absolute Gasteiger partial charge is 0.351 e. The Labute approximate surface area is 180 Å². The van der Waals surface area contributed by atoms with Crippen LogP contribution >= 0.6 is 0 Å². The van der Waals surface area contributed by atoms with E-state index in [1.165, 1.54) is 5.56 Å². The number of nitrogens with zero attached hydrogens (tertiary/aromatic N) is 1. The molecule has 31 heavy (non-hydrogen) atoms. The van der Waals surface area contributed by atoms with E-state index in [4.69, 9.17) is 23.7 Å². The molecule has 0 radical (unpaired) electrons. The molecule has 2 saturated heterocycles. The molecule has 1 spiro atoms. The maximum absolute atomic E-state index is 13.0. The van der Waals surface area contributed by atoms with E-state index in [1.54, 1.807) is 14.0 Å². The molecule has 0 aromatic heterocycles. The van der Waals surface area contributed by atoms with Gasteiger partial charge in [0.15, 0.2) is 17.6 Å². The molecule has 0 amide bonds. The number of methoxy groups -OCH3 is 1. The van der Waals surface area contributed by atoms with Crippen molar-refractivity contribution in [3.05, 3.63) is 35.1 Å². The second-order valence-electron chi connectivity index (χ2n) is 9.17. The van der Waals surface area contributed by atoms with E-state index in [9.17, 15) is 9.59 Å². The van der Waals surface area contributed by atoms with Gasteiger partial charge in [-0.3, -0.25) is 9.69 Å². The molecule has 8 heteroatoms. The molecule has 0 unspecified atom stereocenters. The van der Waals surface area contributed by atoms with Crippen molar-refractivity contribution >= 4 is 11.9 Å². The maximum Gasteiger partial charge on any atom is 0.351 e. The summed E-state index contributed by atoms with van der Waals surface area (Å²) in [5, 5.41) is 0. The quantitative estimate of drug-likeness (QED) is 0.678. The van der Waals surface area contributed by atoms with Gasteiger partial charge in [-0.2, -0.15) is 0 Å². The molecule has 0 N–H and O–H groups in total. The number of hydrogen-bond acceptors (Lipinski definition) is 8.